The van der Waals surface area contributed by atoms with Gasteiger partial charge in [-0.15, -0.1) is 0 Å². The minimum Gasteiger partial charge on any atom is -0.334 e. The standard InChI is InChI=1S/C24H18FN5O2/c25-19-4-6-20(7-5-19)30-15-18-14-29(10-8-16(18)11-22(30)31)24(32)17-12-27-23(28-13-17)21-3-1-2-9-26-21/h1-7,9,11-13,15H,8,10,14H2. The summed E-state index contributed by atoms with van der Waals surface area (Å²) in [6.45, 7) is 0.853. The molecule has 0 aliphatic carbocycles. The van der Waals surface area contributed by atoms with E-state index in [0.717, 1.165) is 11.1 Å². The summed E-state index contributed by atoms with van der Waals surface area (Å²) in [6, 6.07) is 12.8. The number of fused-ring (bicyclic) bond motifs is 1. The van der Waals surface area contributed by atoms with E-state index in [9.17, 15) is 14.0 Å². The molecule has 0 atom stereocenters. The second kappa shape index (κ2) is 8.14. The molecule has 0 radical (unpaired) electrons. The molecular weight excluding hydrogens is 409 g/mol. The third kappa shape index (κ3) is 3.78. The highest BCUT2D eigenvalue weighted by molar-refractivity contribution is 5.93. The molecule has 7 nitrogen and oxygen atoms in total. The normalized spacial score (nSPS) is 13.0. The van der Waals surface area contributed by atoms with Gasteiger partial charge >= 0.3 is 0 Å². The number of carbonyl (C=O) groups is 1. The maximum atomic E-state index is 13.3. The number of carbonyl (C=O) groups excluding carboxylic acids is 1. The lowest BCUT2D eigenvalue weighted by molar-refractivity contribution is 0.0733. The molecule has 1 aromatic carbocycles. The number of nitrogens with zero attached hydrogens (tertiary/aromatic N) is 5. The van der Waals surface area contributed by atoms with Crippen LogP contribution in [0.25, 0.3) is 17.2 Å². The summed E-state index contributed by atoms with van der Waals surface area (Å²) in [5, 5.41) is 0. The van der Waals surface area contributed by atoms with Crippen LogP contribution < -0.4 is 5.56 Å². The van der Waals surface area contributed by atoms with Gasteiger partial charge in [-0.25, -0.2) is 14.4 Å². The van der Waals surface area contributed by atoms with Crippen LogP contribution in [-0.4, -0.2) is 36.9 Å². The van der Waals surface area contributed by atoms with Crippen molar-refractivity contribution in [2.75, 3.05) is 6.54 Å². The van der Waals surface area contributed by atoms with E-state index in [1.54, 1.807) is 41.6 Å². The van der Waals surface area contributed by atoms with Crippen molar-refractivity contribution in [3.05, 3.63) is 106 Å². The summed E-state index contributed by atoms with van der Waals surface area (Å²) in [7, 11) is 0. The fraction of sp³-hybridized carbons (Fsp3) is 0.125. The molecule has 4 aromatic rings. The molecule has 0 unspecified atom stereocenters. The number of rotatable bonds is 3. The van der Waals surface area contributed by atoms with Crippen LogP contribution in [0, 0.1) is 5.82 Å². The Bertz CT molecular complexity index is 1340. The van der Waals surface area contributed by atoms with Gasteiger partial charge < -0.3 is 4.90 Å². The first-order valence-corrected chi connectivity index (χ1v) is 10.1. The van der Waals surface area contributed by atoms with E-state index >= 15 is 0 Å². The van der Waals surface area contributed by atoms with Gasteiger partial charge in [0, 0.05) is 49.6 Å². The van der Waals surface area contributed by atoms with Gasteiger partial charge in [-0.05, 0) is 53.9 Å². The number of benzene rings is 1. The molecule has 1 aliphatic rings. The first-order chi connectivity index (χ1) is 15.6. The van der Waals surface area contributed by atoms with Crippen LogP contribution in [0.5, 0.6) is 0 Å². The minimum absolute atomic E-state index is 0.178. The topological polar surface area (TPSA) is 81.0 Å². The molecule has 0 bridgehead atoms. The second-order valence-electron chi connectivity index (χ2n) is 7.50. The average Bonchev–Trinajstić information content (AvgIpc) is 2.84. The van der Waals surface area contributed by atoms with E-state index in [2.05, 4.69) is 15.0 Å². The lowest BCUT2D eigenvalue weighted by atomic mass is 10.0. The number of amides is 1. The SMILES string of the molecule is O=C(c1cnc(-c2ccccn2)nc1)N1CCc2cc(=O)n(-c3ccc(F)cc3)cc2C1. The Hall–Kier alpha value is -4.20. The highest BCUT2D eigenvalue weighted by Crippen LogP contribution is 2.21. The first kappa shape index (κ1) is 19.7. The average molecular weight is 427 g/mol. The number of pyridine rings is 2. The monoisotopic (exact) mass is 427 g/mol. The molecule has 158 valence electrons. The molecule has 5 rings (SSSR count). The molecule has 4 heterocycles. The van der Waals surface area contributed by atoms with Gasteiger partial charge in [-0.1, -0.05) is 6.07 Å². The highest BCUT2D eigenvalue weighted by Gasteiger charge is 2.23. The highest BCUT2D eigenvalue weighted by atomic mass is 19.1. The summed E-state index contributed by atoms with van der Waals surface area (Å²) in [6.07, 6.45) is 6.98. The van der Waals surface area contributed by atoms with Crippen LogP contribution >= 0.6 is 0 Å². The van der Waals surface area contributed by atoms with Crippen LogP contribution in [0.2, 0.25) is 0 Å². The van der Waals surface area contributed by atoms with E-state index in [4.69, 9.17) is 0 Å². The molecule has 0 saturated carbocycles. The second-order valence-corrected chi connectivity index (χ2v) is 7.50. The number of aromatic nitrogens is 4. The number of hydrogen-bond acceptors (Lipinski definition) is 5. The Kier molecular flexibility index (Phi) is 5.03. The van der Waals surface area contributed by atoms with E-state index in [0.29, 0.717) is 42.3 Å². The lowest BCUT2D eigenvalue weighted by Gasteiger charge is -2.29. The van der Waals surface area contributed by atoms with Crippen molar-refractivity contribution >= 4 is 5.91 Å². The first-order valence-electron chi connectivity index (χ1n) is 10.1. The van der Waals surface area contributed by atoms with Gasteiger partial charge in [0.25, 0.3) is 11.5 Å². The van der Waals surface area contributed by atoms with E-state index in [1.165, 1.54) is 29.1 Å². The summed E-state index contributed by atoms with van der Waals surface area (Å²) in [4.78, 5) is 40.1. The number of halogens is 1. The van der Waals surface area contributed by atoms with E-state index in [1.807, 2.05) is 12.1 Å². The van der Waals surface area contributed by atoms with Crippen molar-refractivity contribution in [2.45, 2.75) is 13.0 Å². The van der Waals surface area contributed by atoms with Crippen molar-refractivity contribution in [1.82, 2.24) is 24.4 Å². The Labute approximate surface area is 182 Å². The van der Waals surface area contributed by atoms with Crippen LogP contribution in [0.3, 0.4) is 0 Å². The minimum atomic E-state index is -0.368. The smallest absolute Gasteiger partial charge is 0.257 e. The van der Waals surface area contributed by atoms with Gasteiger partial charge in [0.05, 0.1) is 5.56 Å². The molecule has 3 aromatic heterocycles. The fourth-order valence-corrected chi connectivity index (χ4v) is 3.75. The molecular formula is C24H18FN5O2. The molecule has 0 spiro atoms. The van der Waals surface area contributed by atoms with Crippen LogP contribution in [0.1, 0.15) is 21.5 Å². The lowest BCUT2D eigenvalue weighted by Crippen LogP contribution is -2.37. The largest absolute Gasteiger partial charge is 0.334 e. The van der Waals surface area contributed by atoms with E-state index in [-0.39, 0.29) is 17.3 Å². The molecule has 1 amide bonds. The molecule has 1 aliphatic heterocycles. The van der Waals surface area contributed by atoms with Gasteiger partial charge in [0.2, 0.25) is 0 Å². The van der Waals surface area contributed by atoms with Crippen LogP contribution in [0.15, 0.2) is 78.1 Å². The third-order valence-corrected chi connectivity index (χ3v) is 5.43. The quantitative estimate of drug-likeness (QED) is 0.502. The Morgan fingerprint density at radius 3 is 2.47 bits per heavy atom. The predicted octanol–water partition coefficient (Wildman–Crippen LogP) is 3.03. The number of hydrogen-bond donors (Lipinski definition) is 0. The zero-order valence-corrected chi connectivity index (χ0v) is 17.0. The molecule has 8 heteroatoms. The van der Waals surface area contributed by atoms with Crippen molar-refractivity contribution < 1.29 is 9.18 Å². The Balaban J connectivity index is 1.38. The zero-order valence-electron chi connectivity index (χ0n) is 17.0. The molecule has 0 fully saturated rings. The van der Waals surface area contributed by atoms with Crippen molar-refractivity contribution in [3.8, 4) is 17.2 Å². The Morgan fingerprint density at radius 1 is 0.969 bits per heavy atom. The zero-order chi connectivity index (χ0) is 22.1. The van der Waals surface area contributed by atoms with Gasteiger partial charge in [-0.2, -0.15) is 0 Å². The molecule has 0 N–H and O–H groups in total. The van der Waals surface area contributed by atoms with Gasteiger partial charge in [0.1, 0.15) is 11.5 Å². The predicted molar refractivity (Wildman–Crippen MR) is 116 cm³/mol. The Morgan fingerprint density at radius 2 is 1.75 bits per heavy atom. The van der Waals surface area contributed by atoms with Crippen LogP contribution in [0.4, 0.5) is 4.39 Å². The maximum absolute atomic E-state index is 13.3. The van der Waals surface area contributed by atoms with Crippen LogP contribution in [-0.2, 0) is 13.0 Å². The summed E-state index contributed by atoms with van der Waals surface area (Å²) in [5.74, 6) is -0.0926. The van der Waals surface area contributed by atoms with Crippen molar-refractivity contribution in [2.24, 2.45) is 0 Å². The summed E-state index contributed by atoms with van der Waals surface area (Å²) < 4.78 is 14.7. The molecule has 32 heavy (non-hydrogen) atoms. The van der Waals surface area contributed by atoms with Crippen molar-refractivity contribution in [3.63, 3.8) is 0 Å². The van der Waals surface area contributed by atoms with Gasteiger partial charge in [0.15, 0.2) is 5.82 Å². The van der Waals surface area contributed by atoms with Gasteiger partial charge in [-0.3, -0.25) is 19.1 Å². The van der Waals surface area contributed by atoms with E-state index < -0.39 is 0 Å². The summed E-state index contributed by atoms with van der Waals surface area (Å²) >= 11 is 0. The summed E-state index contributed by atoms with van der Waals surface area (Å²) in [5.41, 5.74) is 3.20. The maximum Gasteiger partial charge on any atom is 0.257 e. The molecule has 0 saturated heterocycles. The van der Waals surface area contributed by atoms with Crippen molar-refractivity contribution in [1.29, 1.82) is 0 Å². The third-order valence-electron chi connectivity index (χ3n) is 5.43. The fourth-order valence-electron chi connectivity index (χ4n) is 3.75.